The maximum atomic E-state index is 12.7. The highest BCUT2D eigenvalue weighted by molar-refractivity contribution is 8.16. The van der Waals surface area contributed by atoms with Crippen LogP contribution in [0.1, 0.15) is 30.5 Å². The Morgan fingerprint density at radius 1 is 1.18 bits per heavy atom. The van der Waals surface area contributed by atoms with E-state index < -0.39 is 12.0 Å². The van der Waals surface area contributed by atoms with Gasteiger partial charge in [0.15, 0.2) is 5.17 Å². The summed E-state index contributed by atoms with van der Waals surface area (Å²) in [6.07, 6.45) is 3.56. The van der Waals surface area contributed by atoms with Gasteiger partial charge in [-0.15, -0.1) is 0 Å². The topological polar surface area (TPSA) is 93.1 Å². The van der Waals surface area contributed by atoms with Crippen LogP contribution in [-0.2, 0) is 20.9 Å². The minimum atomic E-state index is -0.469. The van der Waals surface area contributed by atoms with E-state index in [1.807, 2.05) is 46.7 Å². The molecule has 0 radical (unpaired) electrons. The number of aliphatic imine (C=N–C) groups is 1. The molecule has 9 heteroatoms. The predicted octanol–water partition coefficient (Wildman–Crippen LogP) is 3.54. The number of nitrogens with zero attached hydrogens (tertiary/aromatic N) is 3. The molecule has 3 heterocycles. The number of hydrogen-bond acceptors (Lipinski definition) is 8. The Morgan fingerprint density at radius 3 is 2.64 bits per heavy atom. The predicted molar refractivity (Wildman–Crippen MR) is 126 cm³/mol. The highest BCUT2D eigenvalue weighted by Crippen LogP contribution is 2.45. The molecule has 0 spiro atoms. The third-order valence-corrected chi connectivity index (χ3v) is 6.28. The molecule has 1 atom stereocenters. The molecule has 1 unspecified atom stereocenters. The lowest BCUT2D eigenvalue weighted by atomic mass is 9.94. The van der Waals surface area contributed by atoms with Gasteiger partial charge in [-0.1, -0.05) is 30.0 Å². The Labute approximate surface area is 196 Å². The van der Waals surface area contributed by atoms with Gasteiger partial charge in [0.2, 0.25) is 5.91 Å². The number of fused-ring (bicyclic) bond motifs is 1. The molecule has 2 aliphatic rings. The first kappa shape index (κ1) is 22.6. The number of aromatic nitrogens is 1. The van der Waals surface area contributed by atoms with E-state index in [0.717, 1.165) is 22.0 Å². The zero-order valence-electron chi connectivity index (χ0n) is 18.6. The van der Waals surface area contributed by atoms with Crippen LogP contribution in [0.3, 0.4) is 0 Å². The van der Waals surface area contributed by atoms with E-state index >= 15 is 0 Å². The number of amidine groups is 1. The number of ether oxygens (including phenoxy) is 2. The van der Waals surface area contributed by atoms with Crippen molar-refractivity contribution < 1.29 is 19.1 Å². The van der Waals surface area contributed by atoms with E-state index in [2.05, 4.69) is 15.3 Å². The molecule has 4 rings (SSSR count). The molecule has 2 aromatic rings. The second kappa shape index (κ2) is 9.91. The van der Waals surface area contributed by atoms with E-state index in [9.17, 15) is 9.59 Å². The number of hydrogen-bond donors (Lipinski definition) is 1. The Morgan fingerprint density at radius 2 is 1.97 bits per heavy atom. The van der Waals surface area contributed by atoms with Crippen molar-refractivity contribution in [1.29, 1.82) is 0 Å². The van der Waals surface area contributed by atoms with Gasteiger partial charge < -0.3 is 19.7 Å². The molecule has 0 saturated heterocycles. The van der Waals surface area contributed by atoms with Crippen LogP contribution in [0, 0.1) is 0 Å². The fourth-order valence-electron chi connectivity index (χ4n) is 3.77. The Bertz CT molecular complexity index is 1140. The smallest absolute Gasteiger partial charge is 0.338 e. The lowest BCUT2D eigenvalue weighted by Crippen LogP contribution is -2.37. The van der Waals surface area contributed by atoms with E-state index in [1.165, 1.54) is 18.9 Å². The molecule has 33 heavy (non-hydrogen) atoms. The molecule has 1 amide bonds. The lowest BCUT2D eigenvalue weighted by molar-refractivity contribution is -0.136. The van der Waals surface area contributed by atoms with Gasteiger partial charge in [0, 0.05) is 24.6 Å². The summed E-state index contributed by atoms with van der Waals surface area (Å²) < 4.78 is 10.4. The minimum Gasteiger partial charge on any atom is -0.497 e. The summed E-state index contributed by atoms with van der Waals surface area (Å²) in [5.41, 5.74) is 3.58. The molecule has 2 aliphatic heterocycles. The molecule has 0 fully saturated rings. The van der Waals surface area contributed by atoms with Crippen LogP contribution in [0.2, 0.25) is 0 Å². The molecule has 8 nitrogen and oxygen atoms in total. The highest BCUT2D eigenvalue weighted by Gasteiger charge is 2.40. The van der Waals surface area contributed by atoms with Gasteiger partial charge in [0.25, 0.3) is 0 Å². The SMILES string of the molecule is COC(=O)C1=C(C)N=C2SC=C(CC(=O)NCc3cccnc3)N2C1c1ccc(OC)cc1. The first-order valence-corrected chi connectivity index (χ1v) is 11.2. The van der Waals surface area contributed by atoms with Crippen molar-refractivity contribution in [1.82, 2.24) is 15.2 Å². The van der Waals surface area contributed by atoms with E-state index in [1.54, 1.807) is 26.4 Å². The number of carbonyl (C=O) groups excluding carboxylic acids is 2. The van der Waals surface area contributed by atoms with Crippen LogP contribution in [0.5, 0.6) is 5.75 Å². The average Bonchev–Trinajstić information content (AvgIpc) is 3.23. The van der Waals surface area contributed by atoms with Crippen molar-refractivity contribution in [3.8, 4) is 5.75 Å². The molecule has 1 aromatic carbocycles. The maximum Gasteiger partial charge on any atom is 0.338 e. The number of amides is 1. The minimum absolute atomic E-state index is 0.133. The van der Waals surface area contributed by atoms with Crippen LogP contribution < -0.4 is 10.1 Å². The Hall–Kier alpha value is -3.59. The number of nitrogens with one attached hydrogen (secondary N) is 1. The number of pyridine rings is 1. The summed E-state index contributed by atoms with van der Waals surface area (Å²) in [6, 6.07) is 10.8. The summed E-state index contributed by atoms with van der Waals surface area (Å²) >= 11 is 1.43. The zero-order valence-corrected chi connectivity index (χ0v) is 19.4. The van der Waals surface area contributed by atoms with Gasteiger partial charge in [0.05, 0.1) is 38.0 Å². The first-order chi connectivity index (χ1) is 16.0. The molecular formula is C24H24N4O4S. The van der Waals surface area contributed by atoms with Gasteiger partial charge >= 0.3 is 5.97 Å². The van der Waals surface area contributed by atoms with Crippen LogP contribution in [0.25, 0.3) is 0 Å². The van der Waals surface area contributed by atoms with Gasteiger partial charge in [-0.25, -0.2) is 9.79 Å². The van der Waals surface area contributed by atoms with Crippen LogP contribution in [0.15, 0.2) is 76.2 Å². The van der Waals surface area contributed by atoms with Crippen LogP contribution in [-0.4, -0.2) is 41.1 Å². The standard InChI is InChI=1S/C24H24N4O4S/c1-15-21(23(30)32-3)22(17-6-8-19(31-2)9-7-17)28-18(14-33-24(28)27-15)11-20(29)26-13-16-5-4-10-25-12-16/h4-10,12,14,22H,11,13H2,1-3H3,(H,26,29). The summed E-state index contributed by atoms with van der Waals surface area (Å²) in [4.78, 5) is 36.1. The monoisotopic (exact) mass is 464 g/mol. The molecular weight excluding hydrogens is 440 g/mol. The van der Waals surface area contributed by atoms with Crippen molar-refractivity contribution in [3.63, 3.8) is 0 Å². The molecule has 1 aromatic heterocycles. The van der Waals surface area contributed by atoms with Gasteiger partial charge in [-0.2, -0.15) is 0 Å². The fraction of sp³-hybridized carbons (Fsp3) is 0.250. The molecule has 170 valence electrons. The van der Waals surface area contributed by atoms with Crippen molar-refractivity contribution >= 4 is 28.8 Å². The molecule has 0 aliphatic carbocycles. The van der Waals surface area contributed by atoms with Crippen molar-refractivity contribution in [2.45, 2.75) is 25.9 Å². The summed E-state index contributed by atoms with van der Waals surface area (Å²) in [5.74, 6) is 0.129. The molecule has 0 bridgehead atoms. The summed E-state index contributed by atoms with van der Waals surface area (Å²) in [7, 11) is 2.96. The van der Waals surface area contributed by atoms with E-state index in [-0.39, 0.29) is 12.3 Å². The third kappa shape index (κ3) is 4.78. The number of thioether (sulfide) groups is 1. The first-order valence-electron chi connectivity index (χ1n) is 10.3. The van der Waals surface area contributed by atoms with Crippen LogP contribution >= 0.6 is 11.8 Å². The quantitative estimate of drug-likeness (QED) is 0.627. The average molecular weight is 465 g/mol. The van der Waals surface area contributed by atoms with E-state index in [0.29, 0.717) is 23.6 Å². The van der Waals surface area contributed by atoms with Crippen LogP contribution in [0.4, 0.5) is 0 Å². The maximum absolute atomic E-state index is 12.7. The van der Waals surface area contributed by atoms with Gasteiger partial charge in [-0.05, 0) is 41.7 Å². The highest BCUT2D eigenvalue weighted by atomic mass is 32.2. The molecule has 0 saturated carbocycles. The van der Waals surface area contributed by atoms with Crippen molar-refractivity contribution in [2.24, 2.45) is 4.99 Å². The Balaban J connectivity index is 1.60. The molecule has 1 N–H and O–H groups in total. The second-order valence-corrected chi connectivity index (χ2v) is 8.31. The lowest BCUT2D eigenvalue weighted by Gasteiger charge is -2.36. The van der Waals surface area contributed by atoms with Crippen molar-refractivity contribution in [2.75, 3.05) is 14.2 Å². The number of carbonyl (C=O) groups is 2. The Kier molecular flexibility index (Phi) is 6.79. The van der Waals surface area contributed by atoms with Gasteiger partial charge in [-0.3, -0.25) is 9.78 Å². The number of rotatable bonds is 7. The summed E-state index contributed by atoms with van der Waals surface area (Å²) in [6.45, 7) is 2.19. The fourth-order valence-corrected chi connectivity index (χ4v) is 4.74. The largest absolute Gasteiger partial charge is 0.497 e. The van der Waals surface area contributed by atoms with Gasteiger partial charge in [0.1, 0.15) is 5.75 Å². The summed E-state index contributed by atoms with van der Waals surface area (Å²) in [5, 5.41) is 5.56. The number of allylic oxidation sites excluding steroid dienone is 1. The van der Waals surface area contributed by atoms with E-state index in [4.69, 9.17) is 9.47 Å². The zero-order chi connectivity index (χ0) is 23.4. The second-order valence-electron chi connectivity index (χ2n) is 7.47. The van der Waals surface area contributed by atoms with Crippen molar-refractivity contribution in [3.05, 3.63) is 82.3 Å². The number of methoxy groups -OCH3 is 2. The normalized spacial score (nSPS) is 17.2. The third-order valence-electron chi connectivity index (χ3n) is 5.39. The number of benzene rings is 1. The number of esters is 1.